The van der Waals surface area contributed by atoms with Gasteiger partial charge in [-0.25, -0.2) is 8.78 Å². The zero-order chi connectivity index (χ0) is 11.0. The molecule has 0 atom stereocenters. The van der Waals surface area contributed by atoms with Crippen molar-refractivity contribution >= 4 is 0 Å². The fourth-order valence-electron chi connectivity index (χ4n) is 0.952. The van der Waals surface area contributed by atoms with Crippen LogP contribution in [0.15, 0.2) is 24.3 Å². The van der Waals surface area contributed by atoms with Gasteiger partial charge in [-0.15, -0.1) is 0 Å². The van der Waals surface area contributed by atoms with E-state index in [9.17, 15) is 22.0 Å². The first-order valence-electron chi connectivity index (χ1n) is 3.77. The average Bonchev–Trinajstić information content (AvgIpc) is 2.01. The van der Waals surface area contributed by atoms with Gasteiger partial charge < -0.3 is 0 Å². The normalized spacial score (nSPS) is 13.0. The predicted molar refractivity (Wildman–Crippen MR) is 41.0 cm³/mol. The van der Waals surface area contributed by atoms with Crippen LogP contribution < -0.4 is 0 Å². The van der Waals surface area contributed by atoms with E-state index < -0.39 is 23.2 Å². The van der Waals surface area contributed by atoms with Crippen molar-refractivity contribution in [1.29, 1.82) is 0 Å². The lowest BCUT2D eigenvalue weighted by atomic mass is 10.1. The molecule has 78 valence electrons. The van der Waals surface area contributed by atoms with Gasteiger partial charge in [0.25, 0.3) is 5.92 Å². The van der Waals surface area contributed by atoms with Gasteiger partial charge in [0.1, 0.15) is 0 Å². The van der Waals surface area contributed by atoms with Gasteiger partial charge in [0.05, 0.1) is 5.56 Å². The van der Waals surface area contributed by atoms with Gasteiger partial charge in [0.15, 0.2) is 0 Å². The molecule has 0 aliphatic rings. The van der Waals surface area contributed by atoms with Crippen LogP contribution in [0.1, 0.15) is 18.1 Å². The number of hydrogen-bond acceptors (Lipinski definition) is 0. The smallest absolute Gasteiger partial charge is 0.202 e. The molecule has 0 N–H and O–H groups in total. The van der Waals surface area contributed by atoms with Gasteiger partial charge in [-0.05, 0) is 12.1 Å². The van der Waals surface area contributed by atoms with Crippen molar-refractivity contribution in [3.8, 4) is 0 Å². The second-order valence-electron chi connectivity index (χ2n) is 2.96. The molecule has 14 heavy (non-hydrogen) atoms. The van der Waals surface area contributed by atoms with Gasteiger partial charge >= 0.3 is 6.18 Å². The third-order valence-corrected chi connectivity index (χ3v) is 1.72. The predicted octanol–water partition coefficient (Wildman–Crippen LogP) is 3.82. The number of halogens is 5. The van der Waals surface area contributed by atoms with Gasteiger partial charge in [0, 0.05) is 12.5 Å². The zero-order valence-corrected chi connectivity index (χ0v) is 7.20. The van der Waals surface area contributed by atoms with E-state index in [1.807, 2.05) is 0 Å². The maximum Gasteiger partial charge on any atom is 0.416 e. The molecule has 0 aliphatic carbocycles. The van der Waals surface area contributed by atoms with Crippen LogP contribution in [0, 0.1) is 0 Å². The van der Waals surface area contributed by atoms with Crippen molar-refractivity contribution in [1.82, 2.24) is 0 Å². The molecule has 5 heteroatoms. The van der Waals surface area contributed by atoms with Gasteiger partial charge in [-0.3, -0.25) is 0 Å². The molecule has 0 fully saturated rings. The highest BCUT2D eigenvalue weighted by molar-refractivity contribution is 5.26. The Hall–Kier alpha value is -1.13. The first-order chi connectivity index (χ1) is 6.21. The van der Waals surface area contributed by atoms with E-state index in [4.69, 9.17) is 0 Å². The minimum atomic E-state index is -4.48. The maximum absolute atomic E-state index is 12.6. The van der Waals surface area contributed by atoms with Crippen molar-refractivity contribution in [2.45, 2.75) is 19.0 Å². The van der Waals surface area contributed by atoms with Crippen molar-refractivity contribution in [3.05, 3.63) is 35.4 Å². The van der Waals surface area contributed by atoms with Crippen molar-refractivity contribution in [3.63, 3.8) is 0 Å². The summed E-state index contributed by atoms with van der Waals surface area (Å²) in [6.07, 6.45) is -4.48. The SMILES string of the molecule is CC(F)(F)c1ccc(C(F)(F)F)cc1. The summed E-state index contributed by atoms with van der Waals surface area (Å²) < 4.78 is 61.3. The summed E-state index contributed by atoms with van der Waals surface area (Å²) in [5.74, 6) is -3.11. The van der Waals surface area contributed by atoms with E-state index in [-0.39, 0.29) is 0 Å². The summed E-state index contributed by atoms with van der Waals surface area (Å²) in [6, 6.07) is 2.85. The molecule has 0 saturated carbocycles. The van der Waals surface area contributed by atoms with E-state index >= 15 is 0 Å². The van der Waals surface area contributed by atoms with Crippen molar-refractivity contribution < 1.29 is 22.0 Å². The monoisotopic (exact) mass is 210 g/mol. The number of rotatable bonds is 1. The van der Waals surface area contributed by atoms with Crippen LogP contribution in [-0.4, -0.2) is 0 Å². The highest BCUT2D eigenvalue weighted by atomic mass is 19.4. The van der Waals surface area contributed by atoms with Crippen LogP contribution in [0.5, 0.6) is 0 Å². The lowest BCUT2D eigenvalue weighted by Crippen LogP contribution is -2.09. The molecule has 0 heterocycles. The molecule has 0 spiro atoms. The van der Waals surface area contributed by atoms with Gasteiger partial charge in [-0.1, -0.05) is 12.1 Å². The fraction of sp³-hybridized carbons (Fsp3) is 0.333. The number of hydrogen-bond donors (Lipinski definition) is 0. The first-order valence-corrected chi connectivity index (χ1v) is 3.77. The lowest BCUT2D eigenvalue weighted by Gasteiger charge is -2.12. The molecule has 0 unspecified atom stereocenters. The average molecular weight is 210 g/mol. The molecule has 1 aromatic rings. The quantitative estimate of drug-likeness (QED) is 0.618. The largest absolute Gasteiger partial charge is 0.416 e. The third kappa shape index (κ3) is 2.43. The summed E-state index contributed by atoms with van der Waals surface area (Å²) >= 11 is 0. The zero-order valence-electron chi connectivity index (χ0n) is 7.20. The summed E-state index contributed by atoms with van der Waals surface area (Å²) in [5.41, 5.74) is -1.35. The summed E-state index contributed by atoms with van der Waals surface area (Å²) in [6.45, 7) is 0.635. The van der Waals surface area contributed by atoms with Crippen LogP contribution in [-0.2, 0) is 12.1 Å². The third-order valence-electron chi connectivity index (χ3n) is 1.72. The Kier molecular flexibility index (Phi) is 2.52. The molecule has 1 aromatic carbocycles. The highest BCUT2D eigenvalue weighted by Crippen LogP contribution is 2.32. The van der Waals surface area contributed by atoms with Crippen LogP contribution in [0.2, 0.25) is 0 Å². The Balaban J connectivity index is 3.02. The topological polar surface area (TPSA) is 0 Å². The van der Waals surface area contributed by atoms with E-state index in [0.717, 1.165) is 12.1 Å². The number of alkyl halides is 5. The minimum absolute atomic E-state index is 0.425. The molecule has 0 saturated heterocycles. The second kappa shape index (κ2) is 3.22. The summed E-state index contributed by atoms with van der Waals surface area (Å²) in [7, 11) is 0. The molecule has 0 amide bonds. The Morgan fingerprint density at radius 3 is 1.43 bits per heavy atom. The Morgan fingerprint density at radius 2 is 1.14 bits per heavy atom. The van der Waals surface area contributed by atoms with E-state index in [0.29, 0.717) is 19.1 Å². The van der Waals surface area contributed by atoms with E-state index in [2.05, 4.69) is 0 Å². The minimum Gasteiger partial charge on any atom is -0.202 e. The molecular weight excluding hydrogens is 203 g/mol. The van der Waals surface area contributed by atoms with Crippen LogP contribution >= 0.6 is 0 Å². The van der Waals surface area contributed by atoms with Crippen LogP contribution in [0.25, 0.3) is 0 Å². The number of benzene rings is 1. The van der Waals surface area contributed by atoms with E-state index in [1.54, 1.807) is 0 Å². The summed E-state index contributed by atoms with van der Waals surface area (Å²) in [5, 5.41) is 0. The highest BCUT2D eigenvalue weighted by Gasteiger charge is 2.31. The Labute approximate surface area is 77.4 Å². The molecular formula is C9H7F5. The molecule has 1 rings (SSSR count). The van der Waals surface area contributed by atoms with E-state index in [1.165, 1.54) is 0 Å². The molecule has 0 aliphatic heterocycles. The van der Waals surface area contributed by atoms with Gasteiger partial charge in [0.2, 0.25) is 0 Å². The van der Waals surface area contributed by atoms with Crippen molar-refractivity contribution in [2.75, 3.05) is 0 Å². The standard InChI is InChI=1S/C9H7F5/c1-8(10,11)6-2-4-7(5-3-6)9(12,13)14/h2-5H,1H3. The Bertz CT molecular complexity index is 270. The lowest BCUT2D eigenvalue weighted by molar-refractivity contribution is -0.137. The molecule has 0 radical (unpaired) electrons. The first kappa shape index (κ1) is 10.9. The van der Waals surface area contributed by atoms with Crippen molar-refractivity contribution in [2.24, 2.45) is 0 Å². The fourth-order valence-corrected chi connectivity index (χ4v) is 0.952. The van der Waals surface area contributed by atoms with Gasteiger partial charge in [-0.2, -0.15) is 13.2 Å². The molecule has 0 bridgehead atoms. The maximum atomic E-state index is 12.6. The van der Waals surface area contributed by atoms with Crippen LogP contribution in [0.3, 0.4) is 0 Å². The summed E-state index contributed by atoms with van der Waals surface area (Å²) in [4.78, 5) is 0. The molecule has 0 nitrogen and oxygen atoms in total. The van der Waals surface area contributed by atoms with Crippen LogP contribution in [0.4, 0.5) is 22.0 Å². The second-order valence-corrected chi connectivity index (χ2v) is 2.96. The molecule has 0 aromatic heterocycles. The Morgan fingerprint density at radius 1 is 0.786 bits per heavy atom.